The first kappa shape index (κ1) is 18.1. The van der Waals surface area contributed by atoms with Crippen molar-refractivity contribution in [3.8, 4) is 27.9 Å². The number of rotatable bonds is 2. The number of aromatic nitrogens is 3. The molecule has 0 unspecified atom stereocenters. The van der Waals surface area contributed by atoms with Gasteiger partial charge in [-0.3, -0.25) is 14.8 Å². The fourth-order valence-electron chi connectivity index (χ4n) is 4.88. The molecule has 5 heteroatoms. The van der Waals surface area contributed by atoms with Crippen molar-refractivity contribution < 1.29 is 4.79 Å². The minimum Gasteiger partial charge on any atom is -0.331 e. The zero-order valence-corrected chi connectivity index (χ0v) is 17.5. The van der Waals surface area contributed by atoms with E-state index in [2.05, 4.69) is 45.0 Å². The van der Waals surface area contributed by atoms with E-state index >= 15 is 0 Å². The SMILES string of the molecule is Cc1ncccc1-c1ccc2c(c1)-n1cc(-c3ccncc3)cc1C(=O)N(C)C21CC1. The molecule has 4 aromatic rings. The lowest BCUT2D eigenvalue weighted by Crippen LogP contribution is -2.36. The Hall–Kier alpha value is -3.73. The number of hydrogen-bond donors (Lipinski definition) is 0. The first-order chi connectivity index (χ1) is 15.1. The lowest BCUT2D eigenvalue weighted by Gasteiger charge is -2.27. The number of aryl methyl sites for hydroxylation is 1. The highest BCUT2D eigenvalue weighted by molar-refractivity contribution is 5.97. The van der Waals surface area contributed by atoms with Crippen LogP contribution in [0.2, 0.25) is 0 Å². The van der Waals surface area contributed by atoms with Gasteiger partial charge < -0.3 is 9.47 Å². The van der Waals surface area contributed by atoms with Crippen LogP contribution in [0.15, 0.2) is 73.3 Å². The quantitative estimate of drug-likeness (QED) is 0.472. The minimum atomic E-state index is -0.204. The van der Waals surface area contributed by atoms with Gasteiger partial charge in [-0.2, -0.15) is 0 Å². The second-order valence-electron chi connectivity index (χ2n) is 8.48. The Balaban J connectivity index is 1.61. The summed E-state index contributed by atoms with van der Waals surface area (Å²) in [6.07, 6.45) is 9.45. The summed E-state index contributed by atoms with van der Waals surface area (Å²) >= 11 is 0. The van der Waals surface area contributed by atoms with Gasteiger partial charge >= 0.3 is 0 Å². The van der Waals surface area contributed by atoms with E-state index in [1.807, 2.05) is 49.3 Å². The minimum absolute atomic E-state index is 0.0631. The molecule has 4 heterocycles. The third-order valence-electron chi connectivity index (χ3n) is 6.80. The van der Waals surface area contributed by atoms with Crippen LogP contribution in [-0.4, -0.2) is 32.4 Å². The van der Waals surface area contributed by atoms with Crippen molar-refractivity contribution >= 4 is 5.91 Å². The van der Waals surface area contributed by atoms with Gasteiger partial charge in [0.05, 0.1) is 11.2 Å². The molecule has 0 bridgehead atoms. The van der Waals surface area contributed by atoms with Crippen LogP contribution >= 0.6 is 0 Å². The Morgan fingerprint density at radius 3 is 2.48 bits per heavy atom. The highest BCUT2D eigenvalue weighted by atomic mass is 16.2. The third kappa shape index (κ3) is 2.59. The number of benzene rings is 1. The summed E-state index contributed by atoms with van der Waals surface area (Å²) in [6, 6.07) is 16.6. The number of fused-ring (bicyclic) bond motifs is 4. The van der Waals surface area contributed by atoms with Gasteiger partial charge in [0.25, 0.3) is 5.91 Å². The molecule has 31 heavy (non-hydrogen) atoms. The second-order valence-corrected chi connectivity index (χ2v) is 8.48. The van der Waals surface area contributed by atoms with Crippen molar-refractivity contribution in [1.82, 2.24) is 19.4 Å². The van der Waals surface area contributed by atoms with E-state index in [1.54, 1.807) is 12.4 Å². The maximum Gasteiger partial charge on any atom is 0.271 e. The number of pyridine rings is 2. The predicted molar refractivity (Wildman–Crippen MR) is 120 cm³/mol. The topological polar surface area (TPSA) is 51.0 Å². The molecule has 2 aliphatic rings. The lowest BCUT2D eigenvalue weighted by molar-refractivity contribution is 0.0705. The molecule has 0 N–H and O–H groups in total. The molecule has 1 saturated carbocycles. The standard InChI is InChI=1S/C26H22N4O/c1-17-21(4-3-11-28-17)19-5-6-22-23(14-19)30-16-20(18-7-12-27-13-8-18)15-24(30)25(31)29(2)26(22)9-10-26/h3-8,11-16H,9-10H2,1-2H3. The van der Waals surface area contributed by atoms with Crippen molar-refractivity contribution in [1.29, 1.82) is 0 Å². The van der Waals surface area contributed by atoms with Crippen LogP contribution in [0.1, 0.15) is 34.6 Å². The van der Waals surface area contributed by atoms with Gasteiger partial charge in [-0.25, -0.2) is 0 Å². The van der Waals surface area contributed by atoms with Gasteiger partial charge in [0.1, 0.15) is 5.69 Å². The Morgan fingerprint density at radius 1 is 0.935 bits per heavy atom. The summed E-state index contributed by atoms with van der Waals surface area (Å²) in [5.74, 6) is 0.0631. The van der Waals surface area contributed by atoms with Crippen LogP contribution in [0.25, 0.3) is 27.9 Å². The predicted octanol–water partition coefficient (Wildman–Crippen LogP) is 4.98. The summed E-state index contributed by atoms with van der Waals surface area (Å²) in [5.41, 5.74) is 8.06. The van der Waals surface area contributed by atoms with E-state index in [0.29, 0.717) is 5.69 Å². The summed E-state index contributed by atoms with van der Waals surface area (Å²) in [7, 11) is 1.94. The smallest absolute Gasteiger partial charge is 0.271 e. The number of hydrogen-bond acceptors (Lipinski definition) is 3. The number of carbonyl (C=O) groups excluding carboxylic acids is 1. The maximum atomic E-state index is 13.5. The molecule has 1 spiro atoms. The van der Waals surface area contributed by atoms with Crippen LogP contribution in [0.3, 0.4) is 0 Å². The highest BCUT2D eigenvalue weighted by Gasteiger charge is 2.53. The van der Waals surface area contributed by atoms with E-state index in [0.717, 1.165) is 46.5 Å². The molecule has 6 rings (SSSR count). The lowest BCUT2D eigenvalue weighted by atomic mass is 9.96. The van der Waals surface area contributed by atoms with Gasteiger partial charge in [-0.05, 0) is 61.2 Å². The van der Waals surface area contributed by atoms with Crippen molar-refractivity contribution in [3.05, 3.63) is 90.3 Å². The van der Waals surface area contributed by atoms with Crippen LogP contribution in [0.5, 0.6) is 0 Å². The van der Waals surface area contributed by atoms with E-state index in [9.17, 15) is 4.79 Å². The number of nitrogens with zero attached hydrogens (tertiary/aromatic N) is 4. The highest BCUT2D eigenvalue weighted by Crippen LogP contribution is 2.54. The molecular weight excluding hydrogens is 384 g/mol. The van der Waals surface area contributed by atoms with Crippen molar-refractivity contribution in [2.45, 2.75) is 25.3 Å². The Morgan fingerprint density at radius 2 is 1.74 bits per heavy atom. The van der Waals surface area contributed by atoms with Crippen LogP contribution in [-0.2, 0) is 5.54 Å². The number of amides is 1. The molecule has 1 fully saturated rings. The van der Waals surface area contributed by atoms with E-state index < -0.39 is 0 Å². The van der Waals surface area contributed by atoms with Gasteiger partial charge in [0.15, 0.2) is 0 Å². The second kappa shape index (κ2) is 6.38. The normalized spacial score (nSPS) is 16.1. The molecule has 5 nitrogen and oxygen atoms in total. The van der Waals surface area contributed by atoms with Crippen LogP contribution < -0.4 is 0 Å². The van der Waals surface area contributed by atoms with E-state index in [4.69, 9.17) is 0 Å². The molecule has 1 aromatic carbocycles. The first-order valence-electron chi connectivity index (χ1n) is 10.6. The largest absolute Gasteiger partial charge is 0.331 e. The average Bonchev–Trinajstić information content (AvgIpc) is 3.50. The van der Waals surface area contributed by atoms with Gasteiger partial charge in [0.2, 0.25) is 0 Å². The summed E-state index contributed by atoms with van der Waals surface area (Å²) in [5, 5.41) is 0. The summed E-state index contributed by atoms with van der Waals surface area (Å²) in [6.45, 7) is 2.03. The van der Waals surface area contributed by atoms with Crippen LogP contribution in [0, 0.1) is 6.92 Å². The monoisotopic (exact) mass is 406 g/mol. The molecule has 152 valence electrons. The van der Waals surface area contributed by atoms with Gasteiger partial charge in [0, 0.05) is 54.2 Å². The first-order valence-corrected chi connectivity index (χ1v) is 10.6. The molecule has 1 aliphatic carbocycles. The molecule has 3 aromatic heterocycles. The van der Waals surface area contributed by atoms with Gasteiger partial charge in [-0.1, -0.05) is 18.2 Å². The molecule has 0 atom stereocenters. The number of carbonyl (C=O) groups is 1. The third-order valence-corrected chi connectivity index (χ3v) is 6.80. The maximum absolute atomic E-state index is 13.5. The summed E-state index contributed by atoms with van der Waals surface area (Å²) in [4.78, 5) is 24.0. The zero-order chi connectivity index (χ0) is 21.2. The fraction of sp³-hybridized carbons (Fsp3) is 0.192. The Kier molecular flexibility index (Phi) is 3.72. The van der Waals surface area contributed by atoms with E-state index in [1.165, 1.54) is 5.56 Å². The average molecular weight is 406 g/mol. The van der Waals surface area contributed by atoms with Crippen molar-refractivity contribution in [2.75, 3.05) is 7.05 Å². The molecular formula is C26H22N4O. The molecule has 0 radical (unpaired) electrons. The molecule has 0 saturated heterocycles. The van der Waals surface area contributed by atoms with Crippen molar-refractivity contribution in [3.63, 3.8) is 0 Å². The molecule has 1 amide bonds. The van der Waals surface area contributed by atoms with E-state index in [-0.39, 0.29) is 11.4 Å². The Labute approximate surface area is 181 Å². The van der Waals surface area contributed by atoms with Crippen molar-refractivity contribution in [2.24, 2.45) is 0 Å². The summed E-state index contributed by atoms with van der Waals surface area (Å²) < 4.78 is 2.08. The molecule has 1 aliphatic heterocycles. The van der Waals surface area contributed by atoms with Crippen LogP contribution in [0.4, 0.5) is 0 Å². The fourth-order valence-corrected chi connectivity index (χ4v) is 4.88. The Bertz CT molecular complexity index is 1330. The van der Waals surface area contributed by atoms with Gasteiger partial charge in [-0.15, -0.1) is 0 Å². The zero-order valence-electron chi connectivity index (χ0n) is 17.5.